The van der Waals surface area contributed by atoms with Crippen LogP contribution in [0, 0.1) is 0 Å². The van der Waals surface area contributed by atoms with E-state index in [2.05, 4.69) is 68.0 Å². The molecule has 5 rings (SSSR count). The summed E-state index contributed by atoms with van der Waals surface area (Å²) in [6.45, 7) is 7.25. The zero-order valence-electron chi connectivity index (χ0n) is 23.5. The maximum atomic E-state index is 12.5. The van der Waals surface area contributed by atoms with E-state index in [-0.39, 0.29) is 5.75 Å². The molecule has 0 unspecified atom stereocenters. The number of para-hydroxylation sites is 1. The van der Waals surface area contributed by atoms with E-state index in [1.165, 1.54) is 35.5 Å². The zero-order chi connectivity index (χ0) is 29.7. The number of aromatic nitrogens is 3. The smallest absolute Gasteiger partial charge is 0.406 e. The second-order valence-electron chi connectivity index (χ2n) is 9.98. The van der Waals surface area contributed by atoms with Gasteiger partial charge in [-0.15, -0.1) is 23.4 Å². The summed E-state index contributed by atoms with van der Waals surface area (Å²) in [5.41, 5.74) is 4.76. The van der Waals surface area contributed by atoms with E-state index < -0.39 is 6.36 Å². The van der Waals surface area contributed by atoms with Gasteiger partial charge in [-0.2, -0.15) is 5.10 Å². The molecule has 0 atom stereocenters. The summed E-state index contributed by atoms with van der Waals surface area (Å²) >= 11 is 1.71. The normalized spacial score (nSPS) is 15.2. The molecule has 0 amide bonds. The van der Waals surface area contributed by atoms with E-state index in [9.17, 15) is 13.2 Å². The quantitative estimate of drug-likeness (QED) is 0.154. The summed E-state index contributed by atoms with van der Waals surface area (Å²) in [5.74, 6) is 2.33. The van der Waals surface area contributed by atoms with Gasteiger partial charge in [0.2, 0.25) is 0 Å². The van der Waals surface area contributed by atoms with Crippen LogP contribution in [-0.2, 0) is 6.42 Å². The lowest BCUT2D eigenvalue weighted by Gasteiger charge is -2.31. The first-order valence-corrected chi connectivity index (χ1v) is 14.7. The van der Waals surface area contributed by atoms with Gasteiger partial charge in [-0.3, -0.25) is 0 Å². The van der Waals surface area contributed by atoms with Crippen molar-refractivity contribution in [2.45, 2.75) is 45.9 Å². The molecular formula is C31H31F3N6OS. The van der Waals surface area contributed by atoms with Crippen LogP contribution in [0.3, 0.4) is 0 Å². The fourth-order valence-electron chi connectivity index (χ4n) is 4.64. The molecular weight excluding hydrogens is 561 g/mol. The number of halogens is 3. The molecule has 1 aliphatic rings. The standard InChI is InChI=1S/C31H31F3N6OS/c1-4-28-36-29(38-40(28)24-14-16-25(17-15-24)41-31(32,33)34)23-12-10-22(11-13-23)20-35-37-30-39(18-7-19-42-30)27-9-6-5-8-26(27)21(2)3/h5-6,8-17,20-21H,4,7,18-19H2,1-3H3. The molecule has 0 saturated carbocycles. The number of anilines is 1. The minimum atomic E-state index is -4.74. The highest BCUT2D eigenvalue weighted by Crippen LogP contribution is 2.32. The molecule has 1 saturated heterocycles. The summed E-state index contributed by atoms with van der Waals surface area (Å²) in [7, 11) is 0. The van der Waals surface area contributed by atoms with Crippen molar-refractivity contribution in [3.05, 3.63) is 89.7 Å². The van der Waals surface area contributed by atoms with Crippen molar-refractivity contribution in [3.8, 4) is 22.8 Å². The van der Waals surface area contributed by atoms with Crippen LogP contribution in [0.4, 0.5) is 18.9 Å². The number of benzene rings is 3. The molecule has 0 radical (unpaired) electrons. The first-order chi connectivity index (χ1) is 20.2. The lowest BCUT2D eigenvalue weighted by Crippen LogP contribution is -2.34. The molecule has 0 N–H and O–H groups in total. The molecule has 0 bridgehead atoms. The molecule has 4 aromatic rings. The molecule has 0 aliphatic carbocycles. The second kappa shape index (κ2) is 12.8. The number of rotatable bonds is 8. The molecule has 11 heteroatoms. The highest BCUT2D eigenvalue weighted by atomic mass is 32.2. The number of thioether (sulfide) groups is 1. The van der Waals surface area contributed by atoms with Gasteiger partial charge in [-0.25, -0.2) is 9.67 Å². The molecule has 218 valence electrons. The molecule has 42 heavy (non-hydrogen) atoms. The Kier molecular flexibility index (Phi) is 8.96. The van der Waals surface area contributed by atoms with Gasteiger partial charge in [0.05, 0.1) is 11.9 Å². The van der Waals surface area contributed by atoms with Gasteiger partial charge < -0.3 is 9.64 Å². The molecule has 1 fully saturated rings. The number of hydrogen-bond acceptors (Lipinski definition) is 6. The van der Waals surface area contributed by atoms with E-state index in [1.807, 2.05) is 31.2 Å². The molecule has 2 heterocycles. The first kappa shape index (κ1) is 29.4. The van der Waals surface area contributed by atoms with Gasteiger partial charge in [0.15, 0.2) is 11.0 Å². The van der Waals surface area contributed by atoms with Crippen molar-refractivity contribution in [1.82, 2.24) is 14.8 Å². The van der Waals surface area contributed by atoms with E-state index in [0.29, 0.717) is 29.7 Å². The number of nitrogens with zero attached hydrogens (tertiary/aromatic N) is 6. The Morgan fingerprint density at radius 3 is 2.45 bits per heavy atom. The number of ether oxygens (including phenoxy) is 1. The third-order valence-electron chi connectivity index (χ3n) is 6.66. The van der Waals surface area contributed by atoms with Crippen molar-refractivity contribution in [2.24, 2.45) is 10.2 Å². The maximum Gasteiger partial charge on any atom is 0.573 e. The van der Waals surface area contributed by atoms with E-state index in [0.717, 1.165) is 35.0 Å². The first-order valence-electron chi connectivity index (χ1n) is 13.7. The summed E-state index contributed by atoms with van der Waals surface area (Å²) < 4.78 is 43.1. The Morgan fingerprint density at radius 1 is 1.02 bits per heavy atom. The summed E-state index contributed by atoms with van der Waals surface area (Å²) in [5, 5.41) is 14.5. The number of hydrogen-bond donors (Lipinski definition) is 0. The fourth-order valence-corrected chi connectivity index (χ4v) is 5.55. The van der Waals surface area contributed by atoms with Crippen LogP contribution in [0.25, 0.3) is 17.1 Å². The predicted molar refractivity (Wildman–Crippen MR) is 163 cm³/mol. The Hall–Kier alpha value is -4.12. The van der Waals surface area contributed by atoms with Gasteiger partial charge >= 0.3 is 6.36 Å². The highest BCUT2D eigenvalue weighted by molar-refractivity contribution is 8.14. The topological polar surface area (TPSA) is 67.9 Å². The van der Waals surface area contributed by atoms with Crippen LogP contribution >= 0.6 is 11.8 Å². The highest BCUT2D eigenvalue weighted by Gasteiger charge is 2.31. The van der Waals surface area contributed by atoms with Crippen molar-refractivity contribution >= 4 is 28.8 Å². The number of alkyl halides is 3. The average Bonchev–Trinajstić information content (AvgIpc) is 3.42. The Balaban J connectivity index is 1.31. The molecule has 1 aromatic heterocycles. The lowest BCUT2D eigenvalue weighted by molar-refractivity contribution is -0.274. The number of aryl methyl sites for hydroxylation is 1. The average molecular weight is 593 g/mol. The fraction of sp³-hybridized carbons (Fsp3) is 0.290. The van der Waals surface area contributed by atoms with Crippen molar-refractivity contribution < 1.29 is 17.9 Å². The summed E-state index contributed by atoms with van der Waals surface area (Å²) in [6.07, 6.45) is -1.33. The Labute approximate surface area is 247 Å². The molecule has 7 nitrogen and oxygen atoms in total. The minimum absolute atomic E-state index is 0.290. The van der Waals surface area contributed by atoms with Crippen LogP contribution in [-0.4, -0.2) is 44.8 Å². The van der Waals surface area contributed by atoms with Crippen molar-refractivity contribution in [1.29, 1.82) is 0 Å². The van der Waals surface area contributed by atoms with Gasteiger partial charge in [0, 0.05) is 30.0 Å². The second-order valence-corrected chi connectivity index (χ2v) is 11.0. The SMILES string of the molecule is CCc1nc(-c2ccc(C=NN=C3SCCCN3c3ccccc3C(C)C)cc2)nn1-c1ccc(OC(F)(F)F)cc1. The third-order valence-corrected chi connectivity index (χ3v) is 7.71. The van der Waals surface area contributed by atoms with Crippen LogP contribution in [0.1, 0.15) is 50.1 Å². The summed E-state index contributed by atoms with van der Waals surface area (Å²) in [4.78, 5) is 6.90. The van der Waals surface area contributed by atoms with Crippen molar-refractivity contribution in [3.63, 3.8) is 0 Å². The van der Waals surface area contributed by atoms with Gasteiger partial charge in [-0.1, -0.05) is 75.0 Å². The zero-order valence-corrected chi connectivity index (χ0v) is 24.4. The van der Waals surface area contributed by atoms with Crippen LogP contribution < -0.4 is 9.64 Å². The monoisotopic (exact) mass is 592 g/mol. The lowest BCUT2D eigenvalue weighted by atomic mass is 10.0. The van der Waals surface area contributed by atoms with Gasteiger partial charge in [-0.05, 0) is 53.8 Å². The maximum absolute atomic E-state index is 12.5. The molecule has 3 aromatic carbocycles. The molecule has 0 spiro atoms. The Morgan fingerprint density at radius 2 is 1.76 bits per heavy atom. The van der Waals surface area contributed by atoms with Gasteiger partial charge in [0.25, 0.3) is 0 Å². The third kappa shape index (κ3) is 7.02. The molecule has 1 aliphatic heterocycles. The van der Waals surface area contributed by atoms with Crippen LogP contribution in [0.2, 0.25) is 0 Å². The van der Waals surface area contributed by atoms with Crippen LogP contribution in [0.15, 0.2) is 83.0 Å². The Bertz CT molecular complexity index is 1560. The van der Waals surface area contributed by atoms with E-state index in [1.54, 1.807) is 22.7 Å². The van der Waals surface area contributed by atoms with Crippen LogP contribution in [0.5, 0.6) is 5.75 Å². The van der Waals surface area contributed by atoms with Gasteiger partial charge in [0.1, 0.15) is 11.6 Å². The van der Waals surface area contributed by atoms with E-state index >= 15 is 0 Å². The minimum Gasteiger partial charge on any atom is -0.406 e. The largest absolute Gasteiger partial charge is 0.573 e. The number of amidine groups is 1. The van der Waals surface area contributed by atoms with E-state index in [4.69, 9.17) is 0 Å². The summed E-state index contributed by atoms with van der Waals surface area (Å²) in [6, 6.07) is 21.7. The van der Waals surface area contributed by atoms with Crippen molar-refractivity contribution in [2.75, 3.05) is 17.2 Å². The predicted octanol–water partition coefficient (Wildman–Crippen LogP) is 7.85.